The van der Waals surface area contributed by atoms with Crippen molar-refractivity contribution in [2.45, 2.75) is 12.5 Å². The second-order valence-corrected chi connectivity index (χ2v) is 2.62. The van der Waals surface area contributed by atoms with Gasteiger partial charge in [0.15, 0.2) is 0 Å². The maximum Gasteiger partial charge on any atom is 0.0740 e. The van der Waals surface area contributed by atoms with E-state index >= 15 is 0 Å². The summed E-state index contributed by atoms with van der Waals surface area (Å²) >= 11 is 0. The van der Waals surface area contributed by atoms with Gasteiger partial charge in [0.05, 0.1) is 6.10 Å². The van der Waals surface area contributed by atoms with Gasteiger partial charge < -0.3 is 10.1 Å². The summed E-state index contributed by atoms with van der Waals surface area (Å²) in [6.07, 6.45) is 1.84. The molecule has 0 bridgehead atoms. The lowest BCUT2D eigenvalue weighted by atomic mass is 10.1. The van der Waals surface area contributed by atoms with E-state index in [9.17, 15) is 0 Å². The molecule has 0 aromatic carbocycles. The molecule has 0 spiro atoms. The molecule has 3 heteroatoms. The molecule has 2 saturated heterocycles. The molecule has 0 radical (unpaired) electrons. The van der Waals surface area contributed by atoms with Crippen LogP contribution in [0.5, 0.6) is 0 Å². The average Bonchev–Trinajstić information content (AvgIpc) is 2.15. The first-order valence-electron chi connectivity index (χ1n) is 3.29. The highest BCUT2D eigenvalue weighted by molar-refractivity contribution is 5.85. The molecule has 2 rings (SSSR count). The largest absolute Gasteiger partial charge is 0.377 e. The van der Waals surface area contributed by atoms with E-state index in [1.165, 1.54) is 13.0 Å². The monoisotopic (exact) mass is 149 g/mol. The lowest BCUT2D eigenvalue weighted by molar-refractivity contribution is 0.112. The topological polar surface area (TPSA) is 21.3 Å². The molecule has 2 heterocycles. The van der Waals surface area contributed by atoms with E-state index in [-0.39, 0.29) is 12.4 Å². The van der Waals surface area contributed by atoms with Crippen LogP contribution in [-0.4, -0.2) is 25.8 Å². The molecule has 2 atom stereocenters. The van der Waals surface area contributed by atoms with Crippen molar-refractivity contribution in [3.05, 3.63) is 0 Å². The van der Waals surface area contributed by atoms with Gasteiger partial charge in [-0.3, -0.25) is 0 Å². The summed E-state index contributed by atoms with van der Waals surface area (Å²) in [6, 6.07) is 0. The summed E-state index contributed by atoms with van der Waals surface area (Å²) in [6.45, 7) is 3.27. The maximum atomic E-state index is 5.41. The van der Waals surface area contributed by atoms with Gasteiger partial charge in [0.1, 0.15) is 0 Å². The molecule has 0 aromatic heterocycles. The number of hydrogen-bond acceptors (Lipinski definition) is 2. The first-order chi connectivity index (χ1) is 3.97. The van der Waals surface area contributed by atoms with Crippen LogP contribution >= 0.6 is 12.4 Å². The van der Waals surface area contributed by atoms with E-state index in [2.05, 4.69) is 5.32 Å². The molecular formula is C6H12ClNO. The number of hydrogen-bond donors (Lipinski definition) is 1. The van der Waals surface area contributed by atoms with E-state index in [0.29, 0.717) is 6.10 Å². The van der Waals surface area contributed by atoms with E-state index in [1.54, 1.807) is 0 Å². The second kappa shape index (κ2) is 2.86. The number of nitrogens with one attached hydrogen (secondary N) is 1. The Morgan fingerprint density at radius 3 is 3.00 bits per heavy atom. The minimum absolute atomic E-state index is 0. The summed E-state index contributed by atoms with van der Waals surface area (Å²) in [4.78, 5) is 0. The van der Waals surface area contributed by atoms with Gasteiger partial charge in [0, 0.05) is 25.6 Å². The van der Waals surface area contributed by atoms with Crippen LogP contribution in [0.3, 0.4) is 0 Å². The van der Waals surface area contributed by atoms with Gasteiger partial charge in [-0.2, -0.15) is 0 Å². The second-order valence-electron chi connectivity index (χ2n) is 2.62. The van der Waals surface area contributed by atoms with Crippen LogP contribution < -0.4 is 5.32 Å². The molecule has 9 heavy (non-hydrogen) atoms. The zero-order valence-corrected chi connectivity index (χ0v) is 6.12. The molecule has 0 amide bonds. The maximum absolute atomic E-state index is 5.41. The Bertz CT molecular complexity index is 79.1. The average molecular weight is 150 g/mol. The molecule has 0 unspecified atom stereocenters. The van der Waals surface area contributed by atoms with E-state index in [0.717, 1.165) is 19.1 Å². The molecule has 2 aliphatic rings. The highest BCUT2D eigenvalue weighted by Crippen LogP contribution is 2.22. The predicted octanol–water partition coefficient (Wildman–Crippen LogP) is 0.416. The molecular weight excluding hydrogens is 138 g/mol. The lowest BCUT2D eigenvalue weighted by Gasteiger charge is -2.02. The molecule has 2 fully saturated rings. The van der Waals surface area contributed by atoms with Crippen molar-refractivity contribution in [3.8, 4) is 0 Å². The fourth-order valence-corrected chi connectivity index (χ4v) is 1.56. The van der Waals surface area contributed by atoms with Crippen LogP contribution in [0.1, 0.15) is 6.42 Å². The van der Waals surface area contributed by atoms with Gasteiger partial charge in [-0.05, 0) is 6.42 Å². The van der Waals surface area contributed by atoms with Crippen LogP contribution in [0.2, 0.25) is 0 Å². The van der Waals surface area contributed by atoms with Crippen LogP contribution in [-0.2, 0) is 4.74 Å². The zero-order chi connectivity index (χ0) is 5.40. The van der Waals surface area contributed by atoms with Crippen LogP contribution in [0.4, 0.5) is 0 Å². The quantitative estimate of drug-likeness (QED) is 0.539. The van der Waals surface area contributed by atoms with Crippen LogP contribution in [0.25, 0.3) is 0 Å². The van der Waals surface area contributed by atoms with E-state index in [4.69, 9.17) is 4.74 Å². The Morgan fingerprint density at radius 2 is 2.22 bits per heavy atom. The molecule has 0 aliphatic carbocycles. The van der Waals surface area contributed by atoms with Crippen molar-refractivity contribution in [3.63, 3.8) is 0 Å². The molecule has 0 aromatic rings. The molecule has 2 nitrogen and oxygen atoms in total. The first-order valence-corrected chi connectivity index (χ1v) is 3.29. The zero-order valence-electron chi connectivity index (χ0n) is 5.30. The fourth-order valence-electron chi connectivity index (χ4n) is 1.56. The summed E-state index contributed by atoms with van der Waals surface area (Å²) in [5.74, 6) is 0.843. The van der Waals surface area contributed by atoms with Crippen molar-refractivity contribution in [1.29, 1.82) is 0 Å². The van der Waals surface area contributed by atoms with Crippen LogP contribution in [0.15, 0.2) is 0 Å². The van der Waals surface area contributed by atoms with E-state index < -0.39 is 0 Å². The van der Waals surface area contributed by atoms with Crippen molar-refractivity contribution < 1.29 is 4.74 Å². The lowest BCUT2D eigenvalue weighted by Crippen LogP contribution is -2.14. The van der Waals surface area contributed by atoms with Crippen molar-refractivity contribution in [1.82, 2.24) is 5.32 Å². The predicted molar refractivity (Wildman–Crippen MR) is 38.0 cm³/mol. The summed E-state index contributed by atoms with van der Waals surface area (Å²) in [7, 11) is 0. The van der Waals surface area contributed by atoms with Gasteiger partial charge in [0.2, 0.25) is 0 Å². The number of ether oxygens (including phenoxy) is 1. The summed E-state index contributed by atoms with van der Waals surface area (Å²) in [5.41, 5.74) is 0. The van der Waals surface area contributed by atoms with Crippen molar-refractivity contribution >= 4 is 12.4 Å². The number of rotatable bonds is 0. The Hall–Kier alpha value is 0.210. The summed E-state index contributed by atoms with van der Waals surface area (Å²) < 4.78 is 5.41. The highest BCUT2D eigenvalue weighted by atomic mass is 35.5. The Balaban J connectivity index is 0.000000405. The van der Waals surface area contributed by atoms with Gasteiger partial charge in [-0.1, -0.05) is 0 Å². The minimum Gasteiger partial charge on any atom is -0.377 e. The Labute approximate surface area is 61.4 Å². The van der Waals surface area contributed by atoms with Gasteiger partial charge in [-0.15, -0.1) is 12.4 Å². The van der Waals surface area contributed by atoms with Gasteiger partial charge in [-0.25, -0.2) is 0 Å². The standard InChI is InChI=1S/C6H11NO.ClH/c1-2-8-6-4-7-3-5(1)6;/h5-7H,1-4H2;1H/t5-,6+;/m0./s1. The smallest absolute Gasteiger partial charge is 0.0740 e. The number of halogens is 1. The fraction of sp³-hybridized carbons (Fsp3) is 1.00. The Morgan fingerprint density at radius 1 is 1.33 bits per heavy atom. The minimum atomic E-state index is 0. The van der Waals surface area contributed by atoms with Gasteiger partial charge in [0.25, 0.3) is 0 Å². The molecule has 54 valence electrons. The molecule has 0 saturated carbocycles. The SMILES string of the molecule is C1C[C@H]2CNC[C@H]2O1.Cl. The first kappa shape index (κ1) is 7.32. The van der Waals surface area contributed by atoms with Crippen molar-refractivity contribution in [2.75, 3.05) is 19.7 Å². The van der Waals surface area contributed by atoms with Crippen molar-refractivity contribution in [2.24, 2.45) is 5.92 Å². The molecule has 2 aliphatic heterocycles. The normalized spacial score (nSPS) is 40.0. The summed E-state index contributed by atoms with van der Waals surface area (Å²) in [5, 5.41) is 3.30. The van der Waals surface area contributed by atoms with E-state index in [1.807, 2.05) is 0 Å². The van der Waals surface area contributed by atoms with Crippen LogP contribution in [0, 0.1) is 5.92 Å². The third-order valence-electron chi connectivity index (χ3n) is 2.10. The molecule has 1 N–H and O–H groups in total. The Kier molecular flexibility index (Phi) is 2.33. The highest BCUT2D eigenvalue weighted by Gasteiger charge is 2.31. The third-order valence-corrected chi connectivity index (χ3v) is 2.10. The van der Waals surface area contributed by atoms with Gasteiger partial charge >= 0.3 is 0 Å². The number of fused-ring (bicyclic) bond motifs is 1. The third kappa shape index (κ3) is 1.20.